The summed E-state index contributed by atoms with van der Waals surface area (Å²) in [7, 11) is 1.72. The Hall–Kier alpha value is -1.33. The van der Waals surface area contributed by atoms with Gasteiger partial charge in [0.2, 0.25) is 0 Å². The Morgan fingerprint density at radius 3 is 2.62 bits per heavy atom. The fourth-order valence-electron chi connectivity index (χ4n) is 4.05. The molecule has 5 heteroatoms. The minimum Gasteiger partial charge on any atom is -0.509 e. The van der Waals surface area contributed by atoms with Gasteiger partial charge in [0.25, 0.3) is 5.91 Å². The summed E-state index contributed by atoms with van der Waals surface area (Å²) >= 11 is 3.52. The number of amides is 1. The van der Waals surface area contributed by atoms with Gasteiger partial charge in [0.1, 0.15) is 5.76 Å². The number of carbonyl (C=O) groups is 1. The van der Waals surface area contributed by atoms with E-state index in [9.17, 15) is 9.90 Å². The van der Waals surface area contributed by atoms with Crippen molar-refractivity contribution in [2.75, 3.05) is 7.11 Å². The molecule has 130 valence electrons. The van der Waals surface area contributed by atoms with Crippen LogP contribution in [-0.2, 0) is 16.0 Å². The van der Waals surface area contributed by atoms with E-state index in [2.05, 4.69) is 28.2 Å². The second-order valence-corrected chi connectivity index (χ2v) is 7.72. The van der Waals surface area contributed by atoms with Crippen LogP contribution >= 0.6 is 15.9 Å². The zero-order valence-electron chi connectivity index (χ0n) is 14.4. The summed E-state index contributed by atoms with van der Waals surface area (Å²) in [6, 6.07) is 4.03. The van der Waals surface area contributed by atoms with Gasteiger partial charge in [-0.25, -0.2) is 0 Å². The molecule has 1 aromatic carbocycles. The first-order chi connectivity index (χ1) is 11.4. The van der Waals surface area contributed by atoms with Crippen molar-refractivity contribution in [1.82, 2.24) is 5.32 Å². The van der Waals surface area contributed by atoms with Crippen LogP contribution in [0.5, 0.6) is 0 Å². The van der Waals surface area contributed by atoms with Crippen LogP contribution in [-0.4, -0.2) is 29.8 Å². The molecule has 0 unspecified atom stereocenters. The van der Waals surface area contributed by atoms with Gasteiger partial charge >= 0.3 is 0 Å². The largest absolute Gasteiger partial charge is 0.509 e. The molecular weight excluding hydrogens is 370 g/mol. The third-order valence-electron chi connectivity index (χ3n) is 5.40. The summed E-state index contributed by atoms with van der Waals surface area (Å²) in [5.41, 5.74) is 2.78. The van der Waals surface area contributed by atoms with Crippen LogP contribution in [0, 0.1) is 6.92 Å². The monoisotopic (exact) mass is 393 g/mol. The molecule has 1 fully saturated rings. The van der Waals surface area contributed by atoms with E-state index in [1.54, 1.807) is 7.11 Å². The maximum absolute atomic E-state index is 12.7. The second-order valence-electron chi connectivity index (χ2n) is 6.81. The average molecular weight is 394 g/mol. The summed E-state index contributed by atoms with van der Waals surface area (Å²) in [4.78, 5) is 12.7. The third kappa shape index (κ3) is 2.78. The van der Waals surface area contributed by atoms with Crippen molar-refractivity contribution in [3.05, 3.63) is 39.1 Å². The first kappa shape index (κ1) is 17.5. The fraction of sp³-hybridized carbons (Fsp3) is 0.526. The van der Waals surface area contributed by atoms with E-state index in [1.807, 2.05) is 19.1 Å². The maximum Gasteiger partial charge on any atom is 0.256 e. The number of halogens is 1. The molecule has 1 aliphatic carbocycles. The number of hydrogen-bond donors (Lipinski definition) is 2. The molecule has 24 heavy (non-hydrogen) atoms. The molecule has 1 spiro atoms. The number of aryl methyl sites for hydroxylation is 2. The highest BCUT2D eigenvalue weighted by atomic mass is 79.9. The summed E-state index contributed by atoms with van der Waals surface area (Å²) in [5.74, 6) is 0.0469. The molecule has 3 rings (SSSR count). The second kappa shape index (κ2) is 6.52. The van der Waals surface area contributed by atoms with E-state index < -0.39 is 5.54 Å². The van der Waals surface area contributed by atoms with E-state index in [1.165, 1.54) is 0 Å². The molecule has 1 aliphatic heterocycles. The molecule has 1 heterocycles. The molecule has 1 aromatic rings. The lowest BCUT2D eigenvalue weighted by Crippen LogP contribution is -2.48. The normalized spacial score (nSPS) is 27.0. The van der Waals surface area contributed by atoms with Crippen LogP contribution in [0.4, 0.5) is 0 Å². The first-order valence-electron chi connectivity index (χ1n) is 8.50. The molecular formula is C19H24BrNO3. The highest BCUT2D eigenvalue weighted by Gasteiger charge is 2.48. The Bertz CT molecular complexity index is 703. The number of rotatable bonds is 3. The third-order valence-corrected chi connectivity index (χ3v) is 5.86. The van der Waals surface area contributed by atoms with Gasteiger partial charge in [-0.15, -0.1) is 0 Å². The Morgan fingerprint density at radius 2 is 2.04 bits per heavy atom. The number of methoxy groups -OCH3 is 1. The SMILES string of the molecule is CCc1cc(Br)cc(C)c1C1=C(O)C2(CCC(OC)CC2)NC1=O. The minimum absolute atomic E-state index is 0.163. The summed E-state index contributed by atoms with van der Waals surface area (Å²) < 4.78 is 6.42. The summed E-state index contributed by atoms with van der Waals surface area (Å²) in [6.45, 7) is 4.05. The van der Waals surface area contributed by atoms with E-state index in [4.69, 9.17) is 4.74 Å². The predicted molar refractivity (Wildman–Crippen MR) is 97.9 cm³/mol. The molecule has 0 radical (unpaired) electrons. The van der Waals surface area contributed by atoms with Gasteiger partial charge in [-0.1, -0.05) is 22.9 Å². The number of benzene rings is 1. The van der Waals surface area contributed by atoms with Crippen molar-refractivity contribution in [2.45, 2.75) is 57.6 Å². The Kier molecular flexibility index (Phi) is 4.76. The van der Waals surface area contributed by atoms with Crippen molar-refractivity contribution in [3.63, 3.8) is 0 Å². The van der Waals surface area contributed by atoms with E-state index in [0.29, 0.717) is 18.4 Å². The Labute approximate surface area is 151 Å². The van der Waals surface area contributed by atoms with Crippen LogP contribution in [0.1, 0.15) is 49.3 Å². The van der Waals surface area contributed by atoms with Gasteiger partial charge in [-0.05, 0) is 67.9 Å². The summed E-state index contributed by atoms with van der Waals surface area (Å²) in [6.07, 6.45) is 4.12. The zero-order valence-corrected chi connectivity index (χ0v) is 16.0. The maximum atomic E-state index is 12.7. The number of ether oxygens (including phenoxy) is 1. The van der Waals surface area contributed by atoms with Gasteiger partial charge in [0.05, 0.1) is 17.2 Å². The van der Waals surface area contributed by atoms with Gasteiger partial charge in [0.15, 0.2) is 0 Å². The minimum atomic E-state index is -0.619. The molecule has 0 bridgehead atoms. The number of hydrogen-bond acceptors (Lipinski definition) is 3. The van der Waals surface area contributed by atoms with Gasteiger partial charge < -0.3 is 15.2 Å². The van der Waals surface area contributed by atoms with Crippen LogP contribution in [0.3, 0.4) is 0 Å². The number of aliphatic hydroxyl groups excluding tert-OH is 1. The molecule has 0 saturated heterocycles. The van der Waals surface area contributed by atoms with Crippen molar-refractivity contribution in [3.8, 4) is 0 Å². The summed E-state index contributed by atoms with van der Waals surface area (Å²) in [5, 5.41) is 14.1. The number of aliphatic hydroxyl groups is 1. The topological polar surface area (TPSA) is 58.6 Å². The standard InChI is InChI=1S/C19H24BrNO3/c1-4-12-10-13(20)9-11(2)15(12)16-17(22)19(21-18(16)23)7-5-14(24-3)6-8-19/h9-10,14,22H,4-8H2,1-3H3,(H,21,23). The molecule has 2 aliphatic rings. The average Bonchev–Trinajstić information content (AvgIpc) is 2.79. The Morgan fingerprint density at radius 1 is 1.38 bits per heavy atom. The van der Waals surface area contributed by atoms with Crippen molar-refractivity contribution in [2.24, 2.45) is 0 Å². The lowest BCUT2D eigenvalue weighted by Gasteiger charge is -2.36. The molecule has 1 amide bonds. The van der Waals surface area contributed by atoms with E-state index in [-0.39, 0.29) is 17.8 Å². The zero-order chi connectivity index (χ0) is 17.5. The quantitative estimate of drug-likeness (QED) is 0.814. The smallest absolute Gasteiger partial charge is 0.256 e. The lowest BCUT2D eigenvalue weighted by atomic mass is 9.79. The van der Waals surface area contributed by atoms with Gasteiger partial charge in [-0.3, -0.25) is 4.79 Å². The molecule has 4 nitrogen and oxygen atoms in total. The van der Waals surface area contributed by atoms with Gasteiger partial charge in [-0.2, -0.15) is 0 Å². The van der Waals surface area contributed by atoms with Gasteiger partial charge in [0, 0.05) is 11.6 Å². The fourth-order valence-corrected chi connectivity index (χ4v) is 4.67. The number of nitrogens with one attached hydrogen (secondary N) is 1. The highest BCUT2D eigenvalue weighted by molar-refractivity contribution is 9.10. The number of carbonyl (C=O) groups excluding carboxylic acids is 1. The van der Waals surface area contributed by atoms with Crippen molar-refractivity contribution >= 4 is 27.4 Å². The van der Waals surface area contributed by atoms with E-state index in [0.717, 1.165) is 40.4 Å². The molecule has 0 atom stereocenters. The first-order valence-corrected chi connectivity index (χ1v) is 9.29. The van der Waals surface area contributed by atoms with Crippen molar-refractivity contribution in [1.29, 1.82) is 0 Å². The molecule has 0 aromatic heterocycles. The van der Waals surface area contributed by atoms with Crippen molar-refractivity contribution < 1.29 is 14.6 Å². The van der Waals surface area contributed by atoms with Crippen LogP contribution < -0.4 is 5.32 Å². The molecule has 2 N–H and O–H groups in total. The van der Waals surface area contributed by atoms with Crippen LogP contribution in [0.15, 0.2) is 22.4 Å². The molecule has 1 saturated carbocycles. The van der Waals surface area contributed by atoms with Crippen LogP contribution in [0.2, 0.25) is 0 Å². The lowest BCUT2D eigenvalue weighted by molar-refractivity contribution is -0.116. The highest BCUT2D eigenvalue weighted by Crippen LogP contribution is 2.43. The predicted octanol–water partition coefficient (Wildman–Crippen LogP) is 4.05. The van der Waals surface area contributed by atoms with Crippen LogP contribution in [0.25, 0.3) is 5.57 Å². The van der Waals surface area contributed by atoms with E-state index >= 15 is 0 Å². The Balaban J connectivity index is 2.07.